The molecule has 1 aliphatic rings. The van der Waals surface area contributed by atoms with E-state index in [9.17, 15) is 9.90 Å². The molecule has 1 amide bonds. The van der Waals surface area contributed by atoms with Gasteiger partial charge in [-0.25, -0.2) is 0 Å². The van der Waals surface area contributed by atoms with Crippen molar-refractivity contribution in [2.75, 3.05) is 6.54 Å². The number of aromatic hydroxyl groups is 2. The van der Waals surface area contributed by atoms with Crippen LogP contribution in [0.25, 0.3) is 0 Å². The maximum absolute atomic E-state index is 11.9. The Bertz CT molecular complexity index is 464. The smallest absolute Gasteiger partial charge is 0.255 e. The Kier molecular flexibility index (Phi) is 3.20. The zero-order chi connectivity index (χ0) is 13.3. The van der Waals surface area contributed by atoms with Crippen molar-refractivity contribution in [1.82, 2.24) is 5.32 Å². The summed E-state index contributed by atoms with van der Waals surface area (Å²) >= 11 is 0. The summed E-state index contributed by atoms with van der Waals surface area (Å²) in [6.45, 7) is 4.97. The molecule has 3 N–H and O–H groups in total. The molecule has 1 aromatic carbocycles. The molecule has 0 aromatic heterocycles. The van der Waals surface area contributed by atoms with Gasteiger partial charge in [0.1, 0.15) is 11.5 Å². The topological polar surface area (TPSA) is 69.6 Å². The summed E-state index contributed by atoms with van der Waals surface area (Å²) in [7, 11) is 0. The minimum absolute atomic E-state index is 0.0510. The Labute approximate surface area is 107 Å². The van der Waals surface area contributed by atoms with Gasteiger partial charge in [-0.3, -0.25) is 4.79 Å². The van der Waals surface area contributed by atoms with E-state index in [1.54, 1.807) is 0 Å². The zero-order valence-electron chi connectivity index (χ0n) is 10.7. The fourth-order valence-electron chi connectivity index (χ4n) is 2.18. The summed E-state index contributed by atoms with van der Waals surface area (Å²) in [4.78, 5) is 11.9. The number of hydrogen-bond acceptors (Lipinski definition) is 3. The fraction of sp³-hybridized carbons (Fsp3) is 0.500. The molecule has 4 nitrogen and oxygen atoms in total. The number of nitrogens with one attached hydrogen (secondary N) is 1. The highest BCUT2D eigenvalue weighted by Crippen LogP contribution is 2.51. The second-order valence-corrected chi connectivity index (χ2v) is 5.40. The zero-order valence-corrected chi connectivity index (χ0v) is 10.7. The van der Waals surface area contributed by atoms with Crippen molar-refractivity contribution in [3.63, 3.8) is 0 Å². The maximum atomic E-state index is 11.9. The molecule has 0 unspecified atom stereocenters. The minimum atomic E-state index is -0.292. The summed E-state index contributed by atoms with van der Waals surface area (Å²) < 4.78 is 0. The first-order valence-corrected chi connectivity index (χ1v) is 6.25. The normalized spacial score (nSPS) is 16.6. The third kappa shape index (κ3) is 2.42. The van der Waals surface area contributed by atoms with Crippen molar-refractivity contribution in [3.8, 4) is 11.5 Å². The molecule has 0 spiro atoms. The van der Waals surface area contributed by atoms with Gasteiger partial charge in [-0.1, -0.05) is 13.8 Å². The number of amides is 1. The van der Waals surface area contributed by atoms with E-state index in [2.05, 4.69) is 19.2 Å². The molecule has 1 fully saturated rings. The molecule has 2 rings (SSSR count). The average molecular weight is 249 g/mol. The highest BCUT2D eigenvalue weighted by atomic mass is 16.3. The minimum Gasteiger partial charge on any atom is -0.508 e. The lowest BCUT2D eigenvalue weighted by atomic mass is 9.92. The van der Waals surface area contributed by atoms with Gasteiger partial charge in [0, 0.05) is 12.6 Å². The van der Waals surface area contributed by atoms with Crippen LogP contribution >= 0.6 is 0 Å². The Morgan fingerprint density at radius 3 is 2.56 bits per heavy atom. The van der Waals surface area contributed by atoms with E-state index in [-0.39, 0.29) is 28.4 Å². The Morgan fingerprint density at radius 2 is 2.06 bits per heavy atom. The van der Waals surface area contributed by atoms with Crippen molar-refractivity contribution in [2.45, 2.75) is 26.7 Å². The van der Waals surface area contributed by atoms with Gasteiger partial charge in [-0.05, 0) is 36.3 Å². The Balaban J connectivity index is 2.00. The van der Waals surface area contributed by atoms with Crippen LogP contribution in [0.3, 0.4) is 0 Å². The third-order valence-electron chi connectivity index (χ3n) is 3.94. The largest absolute Gasteiger partial charge is 0.508 e. The van der Waals surface area contributed by atoms with Gasteiger partial charge < -0.3 is 15.5 Å². The molecule has 1 aliphatic carbocycles. The number of rotatable bonds is 4. The van der Waals surface area contributed by atoms with Crippen LogP contribution in [-0.4, -0.2) is 22.7 Å². The molecule has 0 aliphatic heterocycles. The molecule has 1 aromatic rings. The molecule has 0 heterocycles. The fourth-order valence-corrected chi connectivity index (χ4v) is 2.18. The monoisotopic (exact) mass is 249 g/mol. The average Bonchev–Trinajstić information content (AvgIpc) is 3.07. The predicted molar refractivity (Wildman–Crippen MR) is 68.6 cm³/mol. The molecule has 0 saturated heterocycles. The van der Waals surface area contributed by atoms with E-state index in [1.165, 1.54) is 18.2 Å². The quantitative estimate of drug-likeness (QED) is 0.766. The van der Waals surface area contributed by atoms with Crippen molar-refractivity contribution in [3.05, 3.63) is 23.8 Å². The lowest BCUT2D eigenvalue weighted by Crippen LogP contribution is -2.32. The number of hydrogen-bond donors (Lipinski definition) is 3. The third-order valence-corrected chi connectivity index (χ3v) is 3.94. The van der Waals surface area contributed by atoms with E-state index in [1.807, 2.05) is 0 Å². The van der Waals surface area contributed by atoms with Crippen molar-refractivity contribution in [2.24, 2.45) is 11.3 Å². The van der Waals surface area contributed by atoms with Crippen molar-refractivity contribution in [1.29, 1.82) is 0 Å². The van der Waals surface area contributed by atoms with E-state index >= 15 is 0 Å². The Hall–Kier alpha value is -1.71. The molecule has 18 heavy (non-hydrogen) atoms. The summed E-state index contributed by atoms with van der Waals surface area (Å²) in [5.41, 5.74) is 0.440. The maximum Gasteiger partial charge on any atom is 0.255 e. The first-order valence-electron chi connectivity index (χ1n) is 6.25. The van der Waals surface area contributed by atoms with Crippen LogP contribution in [0.4, 0.5) is 0 Å². The molecule has 4 heteroatoms. The van der Waals surface area contributed by atoms with Gasteiger partial charge >= 0.3 is 0 Å². The molecule has 98 valence electrons. The van der Waals surface area contributed by atoms with Crippen LogP contribution in [0.15, 0.2) is 18.2 Å². The van der Waals surface area contributed by atoms with Crippen LogP contribution in [0.1, 0.15) is 37.0 Å². The van der Waals surface area contributed by atoms with Crippen LogP contribution in [0, 0.1) is 11.3 Å². The van der Waals surface area contributed by atoms with Crippen LogP contribution in [0.2, 0.25) is 0 Å². The van der Waals surface area contributed by atoms with Crippen molar-refractivity contribution >= 4 is 5.91 Å². The molecule has 1 saturated carbocycles. The highest BCUT2D eigenvalue weighted by molar-refractivity contribution is 5.97. The van der Waals surface area contributed by atoms with E-state index in [0.717, 1.165) is 12.8 Å². The first-order chi connectivity index (χ1) is 8.44. The molecule has 0 radical (unpaired) electrons. The van der Waals surface area contributed by atoms with Gasteiger partial charge in [0.05, 0.1) is 5.56 Å². The summed E-state index contributed by atoms with van der Waals surface area (Å²) in [5.74, 6) is 0.0115. The van der Waals surface area contributed by atoms with E-state index in [4.69, 9.17) is 5.11 Å². The summed E-state index contributed by atoms with van der Waals surface area (Å²) in [6.07, 6.45) is 2.29. The number of benzene rings is 1. The standard InChI is InChI=1S/C14H19NO3/c1-9(2)14(5-6-14)8-15-13(18)11-4-3-10(16)7-12(11)17/h3-4,7,9,16-17H,5-6,8H2,1-2H3,(H,15,18). The predicted octanol–water partition coefficient (Wildman–Crippen LogP) is 2.26. The van der Waals surface area contributed by atoms with Gasteiger partial charge in [0.15, 0.2) is 0 Å². The second-order valence-electron chi connectivity index (χ2n) is 5.40. The number of phenolic OH excluding ortho intramolecular Hbond substituents is 2. The highest BCUT2D eigenvalue weighted by Gasteiger charge is 2.45. The number of phenols is 2. The van der Waals surface area contributed by atoms with Crippen LogP contribution in [-0.2, 0) is 0 Å². The van der Waals surface area contributed by atoms with Gasteiger partial charge in [-0.15, -0.1) is 0 Å². The molecular weight excluding hydrogens is 230 g/mol. The second kappa shape index (κ2) is 4.52. The summed E-state index contributed by atoms with van der Waals surface area (Å²) in [5, 5.41) is 21.6. The molecule has 0 atom stereocenters. The Morgan fingerprint density at radius 1 is 1.39 bits per heavy atom. The van der Waals surface area contributed by atoms with Crippen molar-refractivity contribution < 1.29 is 15.0 Å². The molecular formula is C14H19NO3. The number of carbonyl (C=O) groups excluding carboxylic acids is 1. The van der Waals surface area contributed by atoms with Gasteiger partial charge in [-0.2, -0.15) is 0 Å². The first kappa shape index (κ1) is 12.7. The molecule has 0 bridgehead atoms. The van der Waals surface area contributed by atoms with Crippen LogP contribution in [0.5, 0.6) is 11.5 Å². The van der Waals surface area contributed by atoms with Gasteiger partial charge in [0.2, 0.25) is 0 Å². The number of carbonyl (C=O) groups is 1. The lowest BCUT2D eigenvalue weighted by molar-refractivity contribution is 0.0937. The lowest BCUT2D eigenvalue weighted by Gasteiger charge is -2.20. The van der Waals surface area contributed by atoms with Crippen LogP contribution < -0.4 is 5.32 Å². The van der Waals surface area contributed by atoms with E-state index < -0.39 is 0 Å². The van der Waals surface area contributed by atoms with E-state index in [0.29, 0.717) is 12.5 Å². The summed E-state index contributed by atoms with van der Waals surface area (Å²) in [6, 6.07) is 3.99. The SMILES string of the molecule is CC(C)C1(CNC(=O)c2ccc(O)cc2O)CC1. The van der Waals surface area contributed by atoms with Gasteiger partial charge in [0.25, 0.3) is 5.91 Å².